The van der Waals surface area contributed by atoms with Crippen molar-refractivity contribution in [3.63, 3.8) is 0 Å². The van der Waals surface area contributed by atoms with Crippen molar-refractivity contribution in [2.45, 2.75) is 24.2 Å². The number of rotatable bonds is 6. The van der Waals surface area contributed by atoms with Crippen LogP contribution in [0.25, 0.3) is 0 Å². The molecule has 0 bridgehead atoms. The van der Waals surface area contributed by atoms with Crippen molar-refractivity contribution in [3.05, 3.63) is 71.3 Å². The van der Waals surface area contributed by atoms with Gasteiger partial charge in [0, 0.05) is 31.4 Å². The highest BCUT2D eigenvalue weighted by atomic mass is 19.1. The summed E-state index contributed by atoms with van der Waals surface area (Å²) >= 11 is 0. The molecule has 0 radical (unpaired) electrons. The van der Waals surface area contributed by atoms with Gasteiger partial charge in [0.25, 0.3) is 0 Å². The van der Waals surface area contributed by atoms with Gasteiger partial charge in [-0.15, -0.1) is 0 Å². The van der Waals surface area contributed by atoms with Crippen LogP contribution in [0.1, 0.15) is 29.9 Å². The van der Waals surface area contributed by atoms with Crippen molar-refractivity contribution < 1.29 is 28.2 Å². The molecular formula is C21H21F2NO4. The van der Waals surface area contributed by atoms with E-state index in [0.29, 0.717) is 5.56 Å². The average Bonchev–Trinajstić information content (AvgIpc) is 2.69. The third kappa shape index (κ3) is 4.04. The molecule has 0 saturated carbocycles. The number of carbonyl (C=O) groups is 2. The van der Waals surface area contributed by atoms with E-state index in [1.165, 1.54) is 6.07 Å². The molecule has 7 heteroatoms. The number of carboxylic acids is 1. The molecule has 2 N–H and O–H groups in total. The fourth-order valence-electron chi connectivity index (χ4n) is 3.61. The van der Waals surface area contributed by atoms with Crippen LogP contribution in [-0.4, -0.2) is 36.7 Å². The molecule has 148 valence electrons. The van der Waals surface area contributed by atoms with Crippen LogP contribution >= 0.6 is 0 Å². The lowest BCUT2D eigenvalue weighted by Crippen LogP contribution is -2.49. The molecule has 2 aromatic carbocycles. The van der Waals surface area contributed by atoms with E-state index in [0.717, 1.165) is 12.1 Å². The monoisotopic (exact) mass is 389 g/mol. The van der Waals surface area contributed by atoms with Crippen LogP contribution in [0.5, 0.6) is 0 Å². The second-order valence-electron chi connectivity index (χ2n) is 6.83. The van der Waals surface area contributed by atoms with Gasteiger partial charge in [0.15, 0.2) is 0 Å². The summed E-state index contributed by atoms with van der Waals surface area (Å²) in [5, 5.41) is 12.2. The Morgan fingerprint density at radius 1 is 1.11 bits per heavy atom. The van der Waals surface area contributed by atoms with Crippen LogP contribution in [0, 0.1) is 11.6 Å². The van der Waals surface area contributed by atoms with Crippen LogP contribution in [-0.2, 0) is 19.7 Å². The predicted molar refractivity (Wildman–Crippen MR) is 97.9 cm³/mol. The summed E-state index contributed by atoms with van der Waals surface area (Å²) in [6.07, 6.45) is 0.453. The second kappa shape index (κ2) is 8.48. The Bertz CT molecular complexity index is 851. The van der Waals surface area contributed by atoms with Crippen molar-refractivity contribution in [2.24, 2.45) is 0 Å². The molecule has 1 saturated heterocycles. The normalized spacial score (nSPS) is 16.9. The minimum Gasteiger partial charge on any atom is -0.481 e. The van der Waals surface area contributed by atoms with Gasteiger partial charge in [-0.3, -0.25) is 9.59 Å². The molecule has 1 unspecified atom stereocenters. The minimum absolute atomic E-state index is 0.0984. The van der Waals surface area contributed by atoms with Crippen molar-refractivity contribution in [1.29, 1.82) is 0 Å². The van der Waals surface area contributed by atoms with Gasteiger partial charge in [0.1, 0.15) is 11.6 Å². The van der Waals surface area contributed by atoms with Gasteiger partial charge in [0.2, 0.25) is 5.91 Å². The first-order valence-electron chi connectivity index (χ1n) is 9.03. The summed E-state index contributed by atoms with van der Waals surface area (Å²) in [5.41, 5.74) is -0.568. The fraction of sp³-hybridized carbons (Fsp3) is 0.333. The standard InChI is InChI=1S/C21H21F2NO4/c22-15-6-7-17(18(23)12-15)21(8-10-28-11-9-21)20(27)24-13-16(19(25)26)14-4-2-1-3-5-14/h1-7,12,16H,8-11,13H2,(H,24,27)(H,25,26). The van der Waals surface area contributed by atoms with Crippen molar-refractivity contribution in [1.82, 2.24) is 5.32 Å². The average molecular weight is 389 g/mol. The third-order valence-electron chi connectivity index (χ3n) is 5.19. The van der Waals surface area contributed by atoms with Gasteiger partial charge in [-0.2, -0.15) is 0 Å². The number of amides is 1. The van der Waals surface area contributed by atoms with Crippen molar-refractivity contribution in [2.75, 3.05) is 19.8 Å². The molecule has 28 heavy (non-hydrogen) atoms. The van der Waals surface area contributed by atoms with E-state index in [-0.39, 0.29) is 38.2 Å². The number of hydrogen-bond acceptors (Lipinski definition) is 3. The SMILES string of the molecule is O=C(O)C(CNC(=O)C1(c2ccc(F)cc2F)CCOCC1)c1ccccc1. The number of hydrogen-bond donors (Lipinski definition) is 2. The summed E-state index contributed by atoms with van der Waals surface area (Å²) in [6.45, 7) is 0.375. The van der Waals surface area contributed by atoms with Crippen LogP contribution < -0.4 is 5.32 Å². The fourth-order valence-corrected chi connectivity index (χ4v) is 3.61. The quantitative estimate of drug-likeness (QED) is 0.797. The lowest BCUT2D eigenvalue weighted by Gasteiger charge is -2.36. The van der Waals surface area contributed by atoms with Crippen LogP contribution in [0.4, 0.5) is 8.78 Å². The first-order valence-corrected chi connectivity index (χ1v) is 9.03. The summed E-state index contributed by atoms with van der Waals surface area (Å²) in [5.74, 6) is -4.00. The molecule has 1 fully saturated rings. The maximum Gasteiger partial charge on any atom is 0.312 e. The largest absolute Gasteiger partial charge is 0.481 e. The van der Waals surface area contributed by atoms with E-state index in [1.54, 1.807) is 30.3 Å². The van der Waals surface area contributed by atoms with E-state index in [9.17, 15) is 23.5 Å². The Morgan fingerprint density at radius 2 is 1.79 bits per heavy atom. The van der Waals surface area contributed by atoms with Gasteiger partial charge in [-0.1, -0.05) is 36.4 Å². The van der Waals surface area contributed by atoms with Gasteiger partial charge < -0.3 is 15.2 Å². The molecule has 1 aliphatic heterocycles. The van der Waals surface area contributed by atoms with Gasteiger partial charge in [0.05, 0.1) is 11.3 Å². The highest BCUT2D eigenvalue weighted by Crippen LogP contribution is 2.37. The molecule has 1 amide bonds. The van der Waals surface area contributed by atoms with E-state index in [1.807, 2.05) is 0 Å². The number of halogens is 2. The first-order chi connectivity index (χ1) is 13.4. The van der Waals surface area contributed by atoms with E-state index >= 15 is 0 Å². The number of nitrogens with one attached hydrogen (secondary N) is 1. The minimum atomic E-state index is -1.23. The Labute approximate surface area is 161 Å². The summed E-state index contributed by atoms with van der Waals surface area (Å²) in [7, 11) is 0. The number of ether oxygens (including phenoxy) is 1. The molecule has 1 aliphatic rings. The molecule has 1 atom stereocenters. The molecule has 0 aromatic heterocycles. The predicted octanol–water partition coefficient (Wildman–Crippen LogP) is 3.00. The van der Waals surface area contributed by atoms with E-state index in [2.05, 4.69) is 5.32 Å². The van der Waals surface area contributed by atoms with Crippen molar-refractivity contribution >= 4 is 11.9 Å². The van der Waals surface area contributed by atoms with Gasteiger partial charge in [-0.25, -0.2) is 8.78 Å². The molecule has 3 rings (SSSR count). The smallest absolute Gasteiger partial charge is 0.312 e. The topological polar surface area (TPSA) is 75.6 Å². The zero-order chi connectivity index (χ0) is 20.1. The molecule has 1 heterocycles. The molecule has 0 aliphatic carbocycles. The summed E-state index contributed by atoms with van der Waals surface area (Å²) < 4.78 is 33.1. The molecular weight excluding hydrogens is 368 g/mol. The Hall–Kier alpha value is -2.80. The maximum absolute atomic E-state index is 14.5. The lowest BCUT2D eigenvalue weighted by molar-refractivity contribution is -0.139. The molecule has 0 spiro atoms. The summed E-state index contributed by atoms with van der Waals surface area (Å²) in [6, 6.07) is 11.7. The highest BCUT2D eigenvalue weighted by molar-refractivity contribution is 5.89. The zero-order valence-corrected chi connectivity index (χ0v) is 15.2. The second-order valence-corrected chi connectivity index (χ2v) is 6.83. The van der Waals surface area contributed by atoms with E-state index < -0.39 is 34.8 Å². The Morgan fingerprint density at radius 3 is 2.39 bits per heavy atom. The van der Waals surface area contributed by atoms with Crippen LogP contribution in [0.2, 0.25) is 0 Å². The molecule has 2 aromatic rings. The van der Waals surface area contributed by atoms with Crippen molar-refractivity contribution in [3.8, 4) is 0 Å². The number of carbonyl (C=O) groups excluding carboxylic acids is 1. The number of aliphatic carboxylic acids is 1. The Balaban J connectivity index is 1.85. The van der Waals surface area contributed by atoms with Gasteiger partial charge in [-0.05, 0) is 24.5 Å². The maximum atomic E-state index is 14.5. The van der Waals surface area contributed by atoms with E-state index in [4.69, 9.17) is 4.74 Å². The highest BCUT2D eigenvalue weighted by Gasteiger charge is 2.43. The molecule has 5 nitrogen and oxygen atoms in total. The number of carboxylic acid groups (broad SMARTS) is 1. The zero-order valence-electron chi connectivity index (χ0n) is 15.2. The summed E-state index contributed by atoms with van der Waals surface area (Å²) in [4.78, 5) is 24.8. The third-order valence-corrected chi connectivity index (χ3v) is 5.19. The van der Waals surface area contributed by atoms with Crippen LogP contribution in [0.3, 0.4) is 0 Å². The lowest BCUT2D eigenvalue weighted by atomic mass is 9.73. The Kier molecular flexibility index (Phi) is 6.04. The van der Waals surface area contributed by atoms with Crippen LogP contribution in [0.15, 0.2) is 48.5 Å². The number of benzene rings is 2. The first kappa shape index (κ1) is 19.9. The van der Waals surface area contributed by atoms with Gasteiger partial charge >= 0.3 is 5.97 Å².